The summed E-state index contributed by atoms with van der Waals surface area (Å²) in [6.45, 7) is 10.2. The summed E-state index contributed by atoms with van der Waals surface area (Å²) in [6.07, 6.45) is 1.23. The smallest absolute Gasteiger partial charge is 0.254 e. The molecule has 5 nitrogen and oxygen atoms in total. The first-order valence-electron chi connectivity index (χ1n) is 11.4. The second-order valence-corrected chi connectivity index (χ2v) is 9.98. The molecule has 172 valence electrons. The number of aryl methyl sites for hydroxylation is 2. The highest BCUT2D eigenvalue weighted by Gasteiger charge is 2.42. The highest BCUT2D eigenvalue weighted by atomic mass is 16.5. The van der Waals surface area contributed by atoms with E-state index in [1.54, 1.807) is 7.11 Å². The van der Waals surface area contributed by atoms with Crippen LogP contribution < -0.4 is 15.4 Å². The number of amides is 1. The fraction of sp³-hybridized carbons (Fsp3) is 0.357. The molecular formula is C28H32N2O3. The highest BCUT2D eigenvalue weighted by Crippen LogP contribution is 2.47. The lowest BCUT2D eigenvalue weighted by Gasteiger charge is -2.39. The normalized spacial score (nSPS) is 19.7. The van der Waals surface area contributed by atoms with E-state index < -0.39 is 5.92 Å². The molecule has 2 N–H and O–H groups in total. The summed E-state index contributed by atoms with van der Waals surface area (Å²) in [5, 5.41) is 6.51. The Labute approximate surface area is 195 Å². The van der Waals surface area contributed by atoms with E-state index in [1.165, 1.54) is 0 Å². The van der Waals surface area contributed by atoms with Crippen LogP contribution in [0.3, 0.4) is 0 Å². The van der Waals surface area contributed by atoms with Crippen molar-refractivity contribution in [3.05, 3.63) is 81.7 Å². The van der Waals surface area contributed by atoms with Crippen LogP contribution in [0.4, 0.5) is 5.69 Å². The van der Waals surface area contributed by atoms with Crippen LogP contribution in [0.25, 0.3) is 0 Å². The van der Waals surface area contributed by atoms with Crippen molar-refractivity contribution in [2.75, 3.05) is 12.4 Å². The van der Waals surface area contributed by atoms with Gasteiger partial charge in [-0.15, -0.1) is 0 Å². The molecular weight excluding hydrogens is 412 g/mol. The maximum Gasteiger partial charge on any atom is 0.254 e. The minimum Gasteiger partial charge on any atom is -0.497 e. The zero-order valence-electron chi connectivity index (χ0n) is 20.3. The predicted octanol–water partition coefficient (Wildman–Crippen LogP) is 5.55. The minimum absolute atomic E-state index is 0.0962. The zero-order valence-corrected chi connectivity index (χ0v) is 20.3. The number of ether oxygens (including phenoxy) is 1. The van der Waals surface area contributed by atoms with Crippen molar-refractivity contribution in [3.63, 3.8) is 0 Å². The lowest BCUT2D eigenvalue weighted by Crippen LogP contribution is -2.39. The largest absolute Gasteiger partial charge is 0.497 e. The number of allylic oxidation sites excluding steroid dienone is 3. The SMILES string of the molecule is COc1ccc([C@@H]2C(C(=O)Nc3ccc(C)cc3C)=C(C)NC3=C2C(=O)CC(C)(C)C3)cc1. The highest BCUT2D eigenvalue weighted by molar-refractivity contribution is 6.10. The van der Waals surface area contributed by atoms with Crippen molar-refractivity contribution in [2.24, 2.45) is 5.41 Å². The molecule has 2 aromatic carbocycles. The molecule has 2 aromatic rings. The van der Waals surface area contributed by atoms with E-state index in [9.17, 15) is 9.59 Å². The summed E-state index contributed by atoms with van der Waals surface area (Å²) >= 11 is 0. The molecule has 0 unspecified atom stereocenters. The zero-order chi connectivity index (χ0) is 23.9. The number of methoxy groups -OCH3 is 1. The Balaban J connectivity index is 1.80. The van der Waals surface area contributed by atoms with Crippen molar-refractivity contribution < 1.29 is 14.3 Å². The maximum atomic E-state index is 13.7. The van der Waals surface area contributed by atoms with E-state index in [1.807, 2.05) is 63.2 Å². The monoisotopic (exact) mass is 444 g/mol. The van der Waals surface area contributed by atoms with Crippen LogP contribution in [0.15, 0.2) is 65.0 Å². The summed E-state index contributed by atoms with van der Waals surface area (Å²) in [5.74, 6) is 0.206. The number of hydrogen-bond donors (Lipinski definition) is 2. The molecule has 1 aliphatic heterocycles. The average molecular weight is 445 g/mol. The molecule has 1 aliphatic carbocycles. The molecule has 0 saturated heterocycles. The van der Waals surface area contributed by atoms with Crippen LogP contribution in [0.1, 0.15) is 56.2 Å². The Bertz CT molecular complexity index is 1190. The van der Waals surface area contributed by atoms with Crippen molar-refractivity contribution in [1.29, 1.82) is 0 Å². The molecule has 0 aromatic heterocycles. The first-order valence-corrected chi connectivity index (χ1v) is 11.4. The molecule has 2 aliphatic rings. The Hall–Kier alpha value is -3.34. The Kier molecular flexibility index (Phi) is 5.91. The summed E-state index contributed by atoms with van der Waals surface area (Å²) in [4.78, 5) is 27.1. The number of hydrogen-bond acceptors (Lipinski definition) is 4. The number of rotatable bonds is 4. The summed E-state index contributed by atoms with van der Waals surface area (Å²) in [5.41, 5.74) is 6.69. The minimum atomic E-state index is -0.429. The molecule has 4 rings (SSSR count). The number of carbonyl (C=O) groups excluding carboxylic acids is 2. The van der Waals surface area contributed by atoms with Gasteiger partial charge < -0.3 is 15.4 Å². The van der Waals surface area contributed by atoms with Gasteiger partial charge in [0.25, 0.3) is 5.91 Å². The van der Waals surface area contributed by atoms with Crippen LogP contribution in [-0.2, 0) is 9.59 Å². The Morgan fingerprint density at radius 2 is 1.76 bits per heavy atom. The number of anilines is 1. The van der Waals surface area contributed by atoms with Gasteiger partial charge in [0.2, 0.25) is 0 Å². The van der Waals surface area contributed by atoms with Gasteiger partial charge in [-0.3, -0.25) is 9.59 Å². The number of ketones is 1. The quantitative estimate of drug-likeness (QED) is 0.648. The van der Waals surface area contributed by atoms with Gasteiger partial charge >= 0.3 is 0 Å². The lowest BCUT2D eigenvalue weighted by molar-refractivity contribution is -0.118. The van der Waals surface area contributed by atoms with Gasteiger partial charge in [-0.2, -0.15) is 0 Å². The van der Waals surface area contributed by atoms with Crippen LogP contribution in [0, 0.1) is 19.3 Å². The van der Waals surface area contributed by atoms with Crippen LogP contribution in [0.5, 0.6) is 5.75 Å². The molecule has 0 radical (unpaired) electrons. The molecule has 1 atom stereocenters. The number of nitrogens with one attached hydrogen (secondary N) is 2. The van der Waals surface area contributed by atoms with E-state index >= 15 is 0 Å². The molecule has 1 amide bonds. The van der Waals surface area contributed by atoms with Crippen molar-refractivity contribution >= 4 is 17.4 Å². The molecule has 0 spiro atoms. The molecule has 1 heterocycles. The van der Waals surface area contributed by atoms with Gasteiger partial charge in [-0.1, -0.05) is 43.7 Å². The first-order chi connectivity index (χ1) is 15.6. The maximum absolute atomic E-state index is 13.7. The van der Waals surface area contributed by atoms with E-state index in [2.05, 4.69) is 24.5 Å². The Morgan fingerprint density at radius 1 is 1.06 bits per heavy atom. The van der Waals surface area contributed by atoms with E-state index in [0.29, 0.717) is 17.6 Å². The third-order valence-corrected chi connectivity index (χ3v) is 6.56. The predicted molar refractivity (Wildman–Crippen MR) is 131 cm³/mol. The number of carbonyl (C=O) groups is 2. The molecule has 0 bridgehead atoms. The van der Waals surface area contributed by atoms with Gasteiger partial charge in [0.05, 0.1) is 7.11 Å². The van der Waals surface area contributed by atoms with Gasteiger partial charge in [0.1, 0.15) is 5.75 Å². The van der Waals surface area contributed by atoms with Crippen molar-refractivity contribution in [3.8, 4) is 5.75 Å². The number of benzene rings is 2. The number of dihydropyridines is 1. The second-order valence-electron chi connectivity index (χ2n) is 9.98. The molecule has 0 saturated carbocycles. The second kappa shape index (κ2) is 8.54. The van der Waals surface area contributed by atoms with Gasteiger partial charge in [-0.25, -0.2) is 0 Å². The van der Waals surface area contributed by atoms with Gasteiger partial charge in [-0.05, 0) is 61.9 Å². The summed E-state index contributed by atoms with van der Waals surface area (Å²) in [7, 11) is 1.62. The third-order valence-electron chi connectivity index (χ3n) is 6.56. The van der Waals surface area contributed by atoms with Gasteiger partial charge in [0.15, 0.2) is 5.78 Å². The van der Waals surface area contributed by atoms with Crippen molar-refractivity contribution in [2.45, 2.75) is 53.4 Å². The van der Waals surface area contributed by atoms with E-state index in [-0.39, 0.29) is 17.1 Å². The number of Topliss-reactive ketones (excluding diaryl/α,β-unsaturated/α-hetero) is 1. The van der Waals surface area contributed by atoms with Crippen LogP contribution >= 0.6 is 0 Å². The summed E-state index contributed by atoms with van der Waals surface area (Å²) in [6, 6.07) is 13.6. The Morgan fingerprint density at radius 3 is 2.39 bits per heavy atom. The molecule has 5 heteroatoms. The topological polar surface area (TPSA) is 67.4 Å². The fourth-order valence-electron chi connectivity index (χ4n) is 5.01. The summed E-state index contributed by atoms with van der Waals surface area (Å²) < 4.78 is 5.33. The fourth-order valence-corrected chi connectivity index (χ4v) is 5.01. The van der Waals surface area contributed by atoms with Crippen LogP contribution in [0.2, 0.25) is 0 Å². The van der Waals surface area contributed by atoms with E-state index in [0.717, 1.165) is 45.9 Å². The van der Waals surface area contributed by atoms with Crippen LogP contribution in [-0.4, -0.2) is 18.8 Å². The molecule has 0 fully saturated rings. The first kappa shape index (κ1) is 22.8. The van der Waals surface area contributed by atoms with E-state index in [4.69, 9.17) is 4.74 Å². The standard InChI is InChI=1S/C28H32N2O3/c1-16-7-12-21(17(2)13-16)30-27(32)24-18(3)29-22-14-28(4,5)15-23(31)26(22)25(24)19-8-10-20(33-6)11-9-19/h7-13,25,29H,14-15H2,1-6H3,(H,30,32)/t25-/m1/s1. The molecule has 33 heavy (non-hydrogen) atoms. The average Bonchev–Trinajstić information content (AvgIpc) is 2.73. The third kappa shape index (κ3) is 4.45. The lowest BCUT2D eigenvalue weighted by atomic mass is 9.68. The van der Waals surface area contributed by atoms with Crippen molar-refractivity contribution in [1.82, 2.24) is 5.32 Å². The van der Waals surface area contributed by atoms with Gasteiger partial charge in [0, 0.05) is 40.6 Å².